The van der Waals surface area contributed by atoms with Crippen molar-refractivity contribution >= 4 is 21.5 Å². The van der Waals surface area contributed by atoms with Crippen LogP contribution in [-0.2, 0) is 12.8 Å². The van der Waals surface area contributed by atoms with E-state index < -0.39 is 4.92 Å². The first-order chi connectivity index (χ1) is 10.0. The molecule has 3 rings (SSSR count). The van der Waals surface area contributed by atoms with Crippen LogP contribution in [0.25, 0.3) is 0 Å². The van der Waals surface area contributed by atoms with E-state index in [1.807, 2.05) is 6.20 Å². The summed E-state index contributed by atoms with van der Waals surface area (Å²) in [5.41, 5.74) is 2.58. The maximum atomic E-state index is 10.7. The summed E-state index contributed by atoms with van der Waals surface area (Å²) in [7, 11) is 0. The number of hydrogen-bond acceptors (Lipinski definition) is 6. The van der Waals surface area contributed by atoms with E-state index in [0.717, 1.165) is 30.6 Å². The van der Waals surface area contributed by atoms with Crippen LogP contribution in [0.3, 0.4) is 0 Å². The Balaban J connectivity index is 1.73. The van der Waals surface area contributed by atoms with E-state index in [2.05, 4.69) is 33.9 Å². The topological polar surface area (TPSA) is 85.9 Å². The molecular formula is C13H17N5O2S. The second-order valence-electron chi connectivity index (χ2n) is 5.50. The summed E-state index contributed by atoms with van der Waals surface area (Å²) in [6, 6.07) is 0.589. The summed E-state index contributed by atoms with van der Waals surface area (Å²) >= 11 is 1.08. The molecule has 0 aromatic carbocycles. The number of aromatic nitrogens is 3. The molecule has 0 fully saturated rings. The van der Waals surface area contributed by atoms with Crippen molar-refractivity contribution in [2.75, 3.05) is 5.32 Å². The van der Waals surface area contributed by atoms with Crippen LogP contribution in [0.2, 0.25) is 0 Å². The van der Waals surface area contributed by atoms with Gasteiger partial charge in [-0.2, -0.15) is 5.10 Å². The number of nitrogens with one attached hydrogen (secondary N) is 1. The van der Waals surface area contributed by atoms with E-state index in [1.165, 1.54) is 17.5 Å². The number of nitrogens with zero attached hydrogens (tertiary/aromatic N) is 4. The lowest BCUT2D eigenvalue weighted by Crippen LogP contribution is -2.28. The molecule has 2 heterocycles. The first-order valence-electron chi connectivity index (χ1n) is 6.96. The first kappa shape index (κ1) is 14.0. The van der Waals surface area contributed by atoms with Gasteiger partial charge in [-0.25, -0.2) is 4.98 Å². The molecule has 21 heavy (non-hydrogen) atoms. The second kappa shape index (κ2) is 5.44. The lowest BCUT2D eigenvalue weighted by molar-refractivity contribution is -0.380. The van der Waals surface area contributed by atoms with E-state index in [1.54, 1.807) is 0 Å². The molecule has 8 heteroatoms. The zero-order valence-corrected chi connectivity index (χ0v) is 12.8. The molecule has 1 aliphatic carbocycles. The van der Waals surface area contributed by atoms with Crippen molar-refractivity contribution in [3.63, 3.8) is 0 Å². The maximum absolute atomic E-state index is 10.7. The summed E-state index contributed by atoms with van der Waals surface area (Å²) in [6.45, 7) is 4.24. The Kier molecular flexibility index (Phi) is 3.62. The van der Waals surface area contributed by atoms with E-state index in [0.29, 0.717) is 11.2 Å². The van der Waals surface area contributed by atoms with Crippen molar-refractivity contribution in [3.8, 4) is 0 Å². The lowest BCUT2D eigenvalue weighted by atomic mass is 9.93. The van der Waals surface area contributed by atoms with Crippen LogP contribution in [0.5, 0.6) is 0 Å². The van der Waals surface area contributed by atoms with Crippen LogP contribution < -0.4 is 5.32 Å². The van der Waals surface area contributed by atoms with Gasteiger partial charge >= 0.3 is 5.00 Å². The van der Waals surface area contributed by atoms with Gasteiger partial charge in [0.2, 0.25) is 0 Å². The van der Waals surface area contributed by atoms with Crippen molar-refractivity contribution < 1.29 is 4.92 Å². The third-order valence-corrected chi connectivity index (χ3v) is 4.56. The smallest absolute Gasteiger partial charge is 0.345 e. The number of thiazole rings is 1. The third-order valence-electron chi connectivity index (χ3n) is 3.68. The molecule has 1 atom stereocenters. The lowest BCUT2D eigenvalue weighted by Gasteiger charge is -2.24. The van der Waals surface area contributed by atoms with Crippen molar-refractivity contribution in [3.05, 3.63) is 33.8 Å². The fraction of sp³-hybridized carbons (Fsp3) is 0.538. The minimum atomic E-state index is -0.407. The summed E-state index contributed by atoms with van der Waals surface area (Å²) in [5, 5.41) is 19.1. The average Bonchev–Trinajstić information content (AvgIpc) is 3.04. The number of fused-ring (bicyclic) bond motifs is 1. The van der Waals surface area contributed by atoms with E-state index >= 15 is 0 Å². The van der Waals surface area contributed by atoms with E-state index in [9.17, 15) is 10.1 Å². The molecular weight excluding hydrogens is 290 g/mol. The number of anilines is 1. The van der Waals surface area contributed by atoms with E-state index in [4.69, 9.17) is 0 Å². The van der Waals surface area contributed by atoms with Gasteiger partial charge in [-0.05, 0) is 43.6 Å². The predicted molar refractivity (Wildman–Crippen MR) is 80.8 cm³/mol. The normalized spacial score (nSPS) is 17.8. The molecule has 112 valence electrons. The van der Waals surface area contributed by atoms with Gasteiger partial charge < -0.3 is 5.32 Å². The van der Waals surface area contributed by atoms with Crippen LogP contribution in [0.1, 0.15) is 37.6 Å². The third kappa shape index (κ3) is 2.76. The predicted octanol–water partition coefficient (Wildman–Crippen LogP) is 2.80. The van der Waals surface area contributed by atoms with Gasteiger partial charge in [0, 0.05) is 24.2 Å². The number of hydrogen-bond donors (Lipinski definition) is 1. The number of rotatable bonds is 4. The van der Waals surface area contributed by atoms with Gasteiger partial charge in [-0.15, -0.1) is 0 Å². The summed E-state index contributed by atoms with van der Waals surface area (Å²) in [6.07, 6.45) is 6.11. The molecule has 0 aliphatic heterocycles. The Morgan fingerprint density at radius 2 is 2.33 bits per heavy atom. The van der Waals surface area contributed by atoms with Crippen LogP contribution >= 0.6 is 11.3 Å². The van der Waals surface area contributed by atoms with Gasteiger partial charge in [0.1, 0.15) is 6.20 Å². The Morgan fingerprint density at radius 3 is 3.00 bits per heavy atom. The fourth-order valence-electron chi connectivity index (χ4n) is 2.68. The minimum Gasteiger partial charge on any atom is -0.358 e. The quantitative estimate of drug-likeness (QED) is 0.693. The van der Waals surface area contributed by atoms with Gasteiger partial charge in [-0.3, -0.25) is 14.8 Å². The second-order valence-corrected chi connectivity index (χ2v) is 6.51. The monoisotopic (exact) mass is 307 g/mol. The average molecular weight is 307 g/mol. The molecule has 0 amide bonds. The maximum Gasteiger partial charge on any atom is 0.345 e. The molecule has 2 aromatic heterocycles. The van der Waals surface area contributed by atoms with Gasteiger partial charge in [0.05, 0.1) is 11.1 Å². The highest BCUT2D eigenvalue weighted by Crippen LogP contribution is 2.29. The highest BCUT2D eigenvalue weighted by Gasteiger charge is 2.24. The SMILES string of the molecule is CC(C)n1ncc2c1CC(Nc1ncc([N+](=O)[O-])s1)CC2. The molecule has 0 saturated carbocycles. The summed E-state index contributed by atoms with van der Waals surface area (Å²) in [4.78, 5) is 14.4. The number of aryl methyl sites for hydroxylation is 1. The zero-order valence-electron chi connectivity index (χ0n) is 11.9. The summed E-state index contributed by atoms with van der Waals surface area (Å²) < 4.78 is 2.06. The van der Waals surface area contributed by atoms with Crippen LogP contribution in [0.15, 0.2) is 12.4 Å². The van der Waals surface area contributed by atoms with Crippen molar-refractivity contribution in [2.45, 2.75) is 45.2 Å². The molecule has 1 unspecified atom stereocenters. The van der Waals surface area contributed by atoms with Crippen LogP contribution in [0, 0.1) is 10.1 Å². The molecule has 2 aromatic rings. The molecule has 1 aliphatic rings. The van der Waals surface area contributed by atoms with Crippen molar-refractivity contribution in [1.29, 1.82) is 0 Å². The molecule has 0 spiro atoms. The highest BCUT2D eigenvalue weighted by molar-refractivity contribution is 7.18. The molecule has 0 bridgehead atoms. The van der Waals surface area contributed by atoms with Gasteiger partial charge in [0.15, 0.2) is 5.13 Å². The summed E-state index contributed by atoms with van der Waals surface area (Å²) in [5.74, 6) is 0. The minimum absolute atomic E-state index is 0.0706. The largest absolute Gasteiger partial charge is 0.358 e. The van der Waals surface area contributed by atoms with E-state index in [-0.39, 0.29) is 11.0 Å². The Bertz CT molecular complexity index is 663. The fourth-order valence-corrected chi connectivity index (χ4v) is 3.39. The van der Waals surface area contributed by atoms with Gasteiger partial charge in [0.25, 0.3) is 0 Å². The Labute approximate surface area is 126 Å². The molecule has 0 saturated heterocycles. The first-order valence-corrected chi connectivity index (χ1v) is 7.78. The van der Waals surface area contributed by atoms with Gasteiger partial charge in [-0.1, -0.05) is 0 Å². The Morgan fingerprint density at radius 1 is 1.52 bits per heavy atom. The standard InChI is InChI=1S/C13H17N5O2S/c1-8(2)17-11-5-10(4-3-9(11)6-15-17)16-13-14-7-12(21-13)18(19)20/h6-8,10H,3-5H2,1-2H3,(H,14,16). The molecule has 7 nitrogen and oxygen atoms in total. The zero-order chi connectivity index (χ0) is 15.0. The van der Waals surface area contributed by atoms with Crippen molar-refractivity contribution in [2.24, 2.45) is 0 Å². The van der Waals surface area contributed by atoms with Crippen molar-refractivity contribution in [1.82, 2.24) is 14.8 Å². The molecule has 1 N–H and O–H groups in total. The van der Waals surface area contributed by atoms with Crippen LogP contribution in [-0.4, -0.2) is 25.7 Å². The molecule has 0 radical (unpaired) electrons. The highest BCUT2D eigenvalue weighted by atomic mass is 32.1. The van der Waals surface area contributed by atoms with Crippen LogP contribution in [0.4, 0.5) is 10.1 Å². The Hall–Kier alpha value is -1.96. The number of nitro groups is 1.